The Labute approximate surface area is 180 Å². The van der Waals surface area contributed by atoms with Crippen molar-refractivity contribution in [2.45, 2.75) is 63.9 Å². The molecule has 8 nitrogen and oxygen atoms in total. The lowest BCUT2D eigenvalue weighted by Gasteiger charge is -2.32. The van der Waals surface area contributed by atoms with E-state index in [1.807, 2.05) is 39.3 Å². The molecule has 2 aliphatic rings. The fourth-order valence-electron chi connectivity index (χ4n) is 3.58. The predicted molar refractivity (Wildman–Crippen MR) is 115 cm³/mol. The first-order valence-corrected chi connectivity index (χ1v) is 11.4. The van der Waals surface area contributed by atoms with Gasteiger partial charge in [0.25, 0.3) is 5.91 Å². The number of carbonyl (C=O) groups is 2. The number of aryl methyl sites for hydroxylation is 1. The molecule has 1 N–H and O–H groups in total. The lowest BCUT2D eigenvalue weighted by atomic mass is 9.98. The smallest absolute Gasteiger partial charge is 0.410 e. The summed E-state index contributed by atoms with van der Waals surface area (Å²) in [7, 11) is 1.84. The van der Waals surface area contributed by atoms with Crippen molar-refractivity contribution in [3.63, 3.8) is 0 Å². The molecule has 0 spiro atoms. The average Bonchev–Trinajstić information content (AvgIpc) is 3.30. The number of nitrogens with zero attached hydrogens (tertiary/aromatic N) is 4. The summed E-state index contributed by atoms with van der Waals surface area (Å²) < 4.78 is 7.17. The van der Waals surface area contributed by atoms with E-state index in [0.717, 1.165) is 23.5 Å². The van der Waals surface area contributed by atoms with Crippen molar-refractivity contribution in [3.8, 4) is 0 Å². The summed E-state index contributed by atoms with van der Waals surface area (Å²) in [5.74, 6) is 1.28. The lowest BCUT2D eigenvalue weighted by Crippen LogP contribution is -2.41. The highest BCUT2D eigenvalue weighted by Crippen LogP contribution is 2.40. The maximum atomic E-state index is 12.7. The van der Waals surface area contributed by atoms with Crippen molar-refractivity contribution in [2.24, 2.45) is 7.05 Å². The molecule has 9 heteroatoms. The van der Waals surface area contributed by atoms with Gasteiger partial charge in [-0.3, -0.25) is 9.48 Å². The van der Waals surface area contributed by atoms with Gasteiger partial charge in [-0.1, -0.05) is 0 Å². The number of piperidine rings is 1. The Morgan fingerprint density at radius 3 is 2.50 bits per heavy atom. The van der Waals surface area contributed by atoms with E-state index >= 15 is 0 Å². The molecule has 3 heterocycles. The number of aromatic nitrogens is 3. The molecule has 2 aromatic heterocycles. The maximum Gasteiger partial charge on any atom is 0.410 e. The van der Waals surface area contributed by atoms with Crippen LogP contribution in [0.2, 0.25) is 0 Å². The first kappa shape index (κ1) is 20.8. The monoisotopic (exact) mass is 431 g/mol. The Balaban J connectivity index is 1.33. The topological polar surface area (TPSA) is 89.4 Å². The van der Waals surface area contributed by atoms with Gasteiger partial charge in [0.15, 0.2) is 0 Å². The highest BCUT2D eigenvalue weighted by atomic mass is 32.1. The summed E-state index contributed by atoms with van der Waals surface area (Å²) in [5, 5.41) is 10.2. The normalized spacial score (nSPS) is 17.8. The van der Waals surface area contributed by atoms with Crippen LogP contribution < -0.4 is 5.32 Å². The molecule has 4 rings (SSSR count). The number of rotatable bonds is 4. The second-order valence-electron chi connectivity index (χ2n) is 9.12. The molecule has 1 aliphatic heterocycles. The SMILES string of the molecule is Cn1nc(C2CC2)cc1NC(=O)c1csc(C2CCN(C(=O)OC(C)(C)C)CC2)n1. The number of hydrogen-bond donors (Lipinski definition) is 1. The Kier molecular flexibility index (Phi) is 5.57. The van der Waals surface area contributed by atoms with E-state index < -0.39 is 5.60 Å². The van der Waals surface area contributed by atoms with Crippen molar-refractivity contribution in [2.75, 3.05) is 18.4 Å². The van der Waals surface area contributed by atoms with Crippen LogP contribution in [0.25, 0.3) is 0 Å². The van der Waals surface area contributed by atoms with Crippen LogP contribution in [0, 0.1) is 0 Å². The van der Waals surface area contributed by atoms with Crippen LogP contribution in [-0.4, -0.2) is 50.4 Å². The fraction of sp³-hybridized carbons (Fsp3) is 0.619. The third-order valence-electron chi connectivity index (χ3n) is 5.39. The predicted octanol–water partition coefficient (Wildman–Crippen LogP) is 4.12. The van der Waals surface area contributed by atoms with Gasteiger partial charge in [0.05, 0.1) is 10.7 Å². The Morgan fingerprint density at radius 2 is 1.87 bits per heavy atom. The molecule has 1 saturated carbocycles. The van der Waals surface area contributed by atoms with Crippen LogP contribution in [0.5, 0.6) is 0 Å². The van der Waals surface area contributed by atoms with Gasteiger partial charge in [0.1, 0.15) is 17.1 Å². The largest absolute Gasteiger partial charge is 0.444 e. The minimum atomic E-state index is -0.487. The molecule has 2 amide bonds. The molecule has 0 radical (unpaired) electrons. The Morgan fingerprint density at radius 1 is 1.17 bits per heavy atom. The maximum absolute atomic E-state index is 12.7. The molecule has 0 atom stereocenters. The van der Waals surface area contributed by atoms with Crippen molar-refractivity contribution >= 4 is 29.2 Å². The number of carbonyl (C=O) groups excluding carboxylic acids is 2. The van der Waals surface area contributed by atoms with E-state index in [4.69, 9.17) is 4.74 Å². The molecule has 1 aliphatic carbocycles. The van der Waals surface area contributed by atoms with Gasteiger partial charge in [-0.15, -0.1) is 11.3 Å². The number of nitrogens with one attached hydrogen (secondary N) is 1. The Bertz CT molecular complexity index is 933. The van der Waals surface area contributed by atoms with Gasteiger partial charge in [-0.25, -0.2) is 9.78 Å². The quantitative estimate of drug-likeness (QED) is 0.786. The number of hydrogen-bond acceptors (Lipinski definition) is 6. The molecule has 162 valence electrons. The highest BCUT2D eigenvalue weighted by molar-refractivity contribution is 7.10. The summed E-state index contributed by atoms with van der Waals surface area (Å²) in [6, 6.07) is 1.95. The van der Waals surface area contributed by atoms with Crippen LogP contribution in [-0.2, 0) is 11.8 Å². The second-order valence-corrected chi connectivity index (χ2v) is 10.0. The van der Waals surface area contributed by atoms with E-state index in [2.05, 4.69) is 15.4 Å². The van der Waals surface area contributed by atoms with Gasteiger partial charge in [0.2, 0.25) is 0 Å². The molecule has 30 heavy (non-hydrogen) atoms. The van der Waals surface area contributed by atoms with Crippen molar-refractivity contribution in [3.05, 3.63) is 27.8 Å². The number of anilines is 1. The van der Waals surface area contributed by atoms with Gasteiger partial charge in [0, 0.05) is 43.4 Å². The zero-order valence-electron chi connectivity index (χ0n) is 18.0. The summed E-state index contributed by atoms with van der Waals surface area (Å²) in [4.78, 5) is 31.2. The summed E-state index contributed by atoms with van der Waals surface area (Å²) in [5.41, 5.74) is 0.987. The molecule has 2 fully saturated rings. The first-order valence-electron chi connectivity index (χ1n) is 10.5. The minimum Gasteiger partial charge on any atom is -0.444 e. The van der Waals surface area contributed by atoms with Crippen LogP contribution in [0.3, 0.4) is 0 Å². The standard InChI is InChI=1S/C21H29N5O3S/c1-21(2,3)29-20(28)26-9-7-14(8-10-26)19-22-16(12-30-19)18(27)23-17-11-15(13-5-6-13)24-25(17)4/h11-14H,5-10H2,1-4H3,(H,23,27). The summed E-state index contributed by atoms with van der Waals surface area (Å²) in [6.45, 7) is 6.90. The molecule has 0 aromatic carbocycles. The zero-order valence-corrected chi connectivity index (χ0v) is 18.8. The lowest BCUT2D eigenvalue weighted by molar-refractivity contribution is 0.0205. The second kappa shape index (κ2) is 8.02. The zero-order chi connectivity index (χ0) is 21.5. The van der Waals surface area contributed by atoms with Crippen LogP contribution in [0.1, 0.15) is 79.5 Å². The summed E-state index contributed by atoms with van der Waals surface area (Å²) >= 11 is 1.51. The van der Waals surface area contributed by atoms with Crippen molar-refractivity contribution in [1.82, 2.24) is 19.7 Å². The molecule has 1 saturated heterocycles. The average molecular weight is 432 g/mol. The first-order chi connectivity index (χ1) is 14.2. The fourth-order valence-corrected chi connectivity index (χ4v) is 4.55. The van der Waals surface area contributed by atoms with Gasteiger partial charge in [-0.2, -0.15) is 5.10 Å². The molecular formula is C21H29N5O3S. The van der Waals surface area contributed by atoms with Gasteiger partial charge < -0.3 is 15.0 Å². The van der Waals surface area contributed by atoms with E-state index in [1.54, 1.807) is 9.58 Å². The third kappa shape index (κ3) is 4.83. The molecule has 2 aromatic rings. The van der Waals surface area contributed by atoms with Crippen LogP contribution in [0.4, 0.5) is 10.6 Å². The van der Waals surface area contributed by atoms with Crippen LogP contribution in [0.15, 0.2) is 11.4 Å². The van der Waals surface area contributed by atoms with Crippen molar-refractivity contribution in [1.29, 1.82) is 0 Å². The van der Waals surface area contributed by atoms with Crippen LogP contribution >= 0.6 is 11.3 Å². The van der Waals surface area contributed by atoms with Gasteiger partial charge >= 0.3 is 6.09 Å². The third-order valence-corrected chi connectivity index (χ3v) is 6.39. The number of thiazole rings is 1. The number of ether oxygens (including phenoxy) is 1. The molecule has 0 bridgehead atoms. The molecular weight excluding hydrogens is 402 g/mol. The summed E-state index contributed by atoms with van der Waals surface area (Å²) in [6.07, 6.45) is 3.72. The van der Waals surface area contributed by atoms with E-state index in [1.165, 1.54) is 24.2 Å². The van der Waals surface area contributed by atoms with E-state index in [-0.39, 0.29) is 17.9 Å². The number of amides is 2. The molecule has 0 unspecified atom stereocenters. The highest BCUT2D eigenvalue weighted by Gasteiger charge is 2.30. The van der Waals surface area contributed by atoms with Gasteiger partial charge in [-0.05, 0) is 46.5 Å². The van der Waals surface area contributed by atoms with Crippen molar-refractivity contribution < 1.29 is 14.3 Å². The van der Waals surface area contributed by atoms with E-state index in [9.17, 15) is 9.59 Å². The Hall–Kier alpha value is -2.42. The minimum absolute atomic E-state index is 0.214. The number of likely N-dealkylation sites (tertiary alicyclic amines) is 1. The van der Waals surface area contributed by atoms with E-state index in [0.29, 0.717) is 30.5 Å².